The number of carbonyl (C=O) groups is 1. The van der Waals surface area contributed by atoms with Gasteiger partial charge in [0.05, 0.1) is 6.10 Å². The molecule has 0 heterocycles. The number of aliphatic hydroxyl groups excluding tert-OH is 1. The normalized spacial score (nSPS) is 21.4. The zero-order chi connectivity index (χ0) is 12.0. The van der Waals surface area contributed by atoms with E-state index in [1.54, 1.807) is 6.92 Å². The van der Waals surface area contributed by atoms with Crippen molar-refractivity contribution in [2.45, 2.75) is 57.1 Å². The van der Waals surface area contributed by atoms with Crippen LogP contribution in [0, 0.1) is 0 Å². The molecule has 0 aromatic carbocycles. The first-order valence-electron chi connectivity index (χ1n) is 6.22. The Morgan fingerprint density at radius 1 is 1.38 bits per heavy atom. The number of nitrogens with one attached hydrogen (secondary N) is 2. The molecule has 1 fully saturated rings. The van der Waals surface area contributed by atoms with Gasteiger partial charge >= 0.3 is 0 Å². The third-order valence-corrected chi connectivity index (χ3v) is 3.43. The Morgan fingerprint density at radius 2 is 2.00 bits per heavy atom. The molecule has 1 atom stereocenters. The van der Waals surface area contributed by atoms with E-state index in [0.29, 0.717) is 13.0 Å². The third kappa shape index (κ3) is 4.10. The molecule has 1 aliphatic rings. The molecular formula is C12H24N2O2. The molecule has 94 valence electrons. The first kappa shape index (κ1) is 13.5. The van der Waals surface area contributed by atoms with Gasteiger partial charge in [-0.15, -0.1) is 0 Å². The van der Waals surface area contributed by atoms with Crippen LogP contribution in [0.1, 0.15) is 45.4 Å². The van der Waals surface area contributed by atoms with Crippen LogP contribution in [0.2, 0.25) is 0 Å². The van der Waals surface area contributed by atoms with Gasteiger partial charge in [0.2, 0.25) is 5.91 Å². The number of rotatable bonds is 5. The van der Waals surface area contributed by atoms with E-state index < -0.39 is 6.10 Å². The van der Waals surface area contributed by atoms with E-state index in [0.717, 1.165) is 12.8 Å². The summed E-state index contributed by atoms with van der Waals surface area (Å²) in [5.41, 5.74) is -0.0129. The second-order valence-corrected chi connectivity index (χ2v) is 4.92. The van der Waals surface area contributed by atoms with Crippen molar-refractivity contribution < 1.29 is 9.90 Å². The van der Waals surface area contributed by atoms with Gasteiger partial charge in [0.15, 0.2) is 0 Å². The number of hydrogen-bond donors (Lipinski definition) is 3. The highest BCUT2D eigenvalue weighted by molar-refractivity contribution is 5.77. The lowest BCUT2D eigenvalue weighted by Gasteiger charge is -2.36. The predicted molar refractivity (Wildman–Crippen MR) is 64.2 cm³/mol. The molecule has 0 radical (unpaired) electrons. The van der Waals surface area contributed by atoms with Gasteiger partial charge in [-0.2, -0.15) is 0 Å². The molecule has 16 heavy (non-hydrogen) atoms. The number of carbonyl (C=O) groups excluding carboxylic acids is 1. The van der Waals surface area contributed by atoms with Crippen molar-refractivity contribution in [3.05, 3.63) is 0 Å². The molecule has 0 aromatic heterocycles. The SMILES string of the molecule is CNC1(CC(=O)NC[C@@H](C)O)CCCCC1. The van der Waals surface area contributed by atoms with Crippen LogP contribution in [0.15, 0.2) is 0 Å². The summed E-state index contributed by atoms with van der Waals surface area (Å²) in [6.07, 6.45) is 5.88. The van der Waals surface area contributed by atoms with Crippen LogP contribution >= 0.6 is 0 Å². The number of amides is 1. The second kappa shape index (κ2) is 6.21. The van der Waals surface area contributed by atoms with Crippen LogP contribution in [0.25, 0.3) is 0 Å². The maximum absolute atomic E-state index is 11.7. The Hall–Kier alpha value is -0.610. The minimum atomic E-state index is -0.471. The Kier molecular flexibility index (Phi) is 5.22. The van der Waals surface area contributed by atoms with Crippen LogP contribution in [0.4, 0.5) is 0 Å². The van der Waals surface area contributed by atoms with Crippen molar-refractivity contribution in [1.82, 2.24) is 10.6 Å². The highest BCUT2D eigenvalue weighted by Crippen LogP contribution is 2.30. The zero-order valence-corrected chi connectivity index (χ0v) is 10.4. The van der Waals surface area contributed by atoms with Crippen LogP contribution < -0.4 is 10.6 Å². The van der Waals surface area contributed by atoms with E-state index in [9.17, 15) is 4.79 Å². The molecule has 0 aromatic rings. The number of aliphatic hydroxyl groups is 1. The summed E-state index contributed by atoms with van der Waals surface area (Å²) in [7, 11) is 1.94. The largest absolute Gasteiger partial charge is 0.392 e. The van der Waals surface area contributed by atoms with Crippen molar-refractivity contribution in [2.75, 3.05) is 13.6 Å². The molecule has 1 rings (SSSR count). The molecule has 1 aliphatic carbocycles. The van der Waals surface area contributed by atoms with Gasteiger partial charge in [0.1, 0.15) is 0 Å². The van der Waals surface area contributed by atoms with Gasteiger partial charge in [-0.3, -0.25) is 4.79 Å². The lowest BCUT2D eigenvalue weighted by molar-refractivity contribution is -0.123. The standard InChI is InChI=1S/C12H24N2O2/c1-10(15)9-14-11(16)8-12(13-2)6-4-3-5-7-12/h10,13,15H,3-9H2,1-2H3,(H,14,16)/t10-/m1/s1. The summed E-state index contributed by atoms with van der Waals surface area (Å²) in [6.45, 7) is 2.02. The highest BCUT2D eigenvalue weighted by atomic mass is 16.3. The fourth-order valence-electron chi connectivity index (χ4n) is 2.38. The van der Waals surface area contributed by atoms with Crippen LogP contribution in [0.3, 0.4) is 0 Å². The van der Waals surface area contributed by atoms with Gasteiger partial charge < -0.3 is 15.7 Å². The van der Waals surface area contributed by atoms with E-state index >= 15 is 0 Å². The molecular weight excluding hydrogens is 204 g/mol. The summed E-state index contributed by atoms with van der Waals surface area (Å²) in [5.74, 6) is 0.0390. The van der Waals surface area contributed by atoms with Crippen molar-refractivity contribution in [2.24, 2.45) is 0 Å². The molecule has 0 saturated heterocycles. The fraction of sp³-hybridized carbons (Fsp3) is 0.917. The van der Waals surface area contributed by atoms with E-state index in [4.69, 9.17) is 5.11 Å². The average Bonchev–Trinajstić information content (AvgIpc) is 2.28. The summed E-state index contributed by atoms with van der Waals surface area (Å²) in [6, 6.07) is 0. The quantitative estimate of drug-likeness (QED) is 0.652. The molecule has 3 N–H and O–H groups in total. The maximum Gasteiger partial charge on any atom is 0.221 e. The average molecular weight is 228 g/mol. The molecule has 0 spiro atoms. The minimum absolute atomic E-state index is 0.0129. The molecule has 0 bridgehead atoms. The van der Waals surface area contributed by atoms with Gasteiger partial charge in [-0.25, -0.2) is 0 Å². The van der Waals surface area contributed by atoms with E-state index in [1.807, 2.05) is 7.05 Å². The van der Waals surface area contributed by atoms with E-state index in [-0.39, 0.29) is 11.4 Å². The van der Waals surface area contributed by atoms with E-state index in [2.05, 4.69) is 10.6 Å². The van der Waals surface area contributed by atoms with Gasteiger partial charge in [0.25, 0.3) is 0 Å². The Morgan fingerprint density at radius 3 is 2.50 bits per heavy atom. The summed E-state index contributed by atoms with van der Waals surface area (Å²) in [4.78, 5) is 11.7. The smallest absolute Gasteiger partial charge is 0.221 e. The van der Waals surface area contributed by atoms with Gasteiger partial charge in [-0.1, -0.05) is 19.3 Å². The fourth-order valence-corrected chi connectivity index (χ4v) is 2.38. The first-order valence-corrected chi connectivity index (χ1v) is 6.22. The zero-order valence-electron chi connectivity index (χ0n) is 10.4. The highest BCUT2D eigenvalue weighted by Gasteiger charge is 2.32. The minimum Gasteiger partial charge on any atom is -0.392 e. The molecule has 1 amide bonds. The third-order valence-electron chi connectivity index (χ3n) is 3.43. The number of hydrogen-bond acceptors (Lipinski definition) is 3. The van der Waals surface area contributed by atoms with Crippen molar-refractivity contribution in [3.63, 3.8) is 0 Å². The summed E-state index contributed by atoms with van der Waals surface area (Å²) in [5, 5.41) is 15.2. The summed E-state index contributed by atoms with van der Waals surface area (Å²) < 4.78 is 0. The Bertz CT molecular complexity index is 223. The molecule has 1 saturated carbocycles. The van der Waals surface area contributed by atoms with Crippen LogP contribution in [-0.4, -0.2) is 36.2 Å². The molecule has 0 aliphatic heterocycles. The monoisotopic (exact) mass is 228 g/mol. The lowest BCUT2D eigenvalue weighted by atomic mass is 9.79. The van der Waals surface area contributed by atoms with Crippen LogP contribution in [-0.2, 0) is 4.79 Å². The second-order valence-electron chi connectivity index (χ2n) is 4.92. The van der Waals surface area contributed by atoms with Gasteiger partial charge in [0, 0.05) is 18.5 Å². The van der Waals surface area contributed by atoms with Gasteiger partial charge in [-0.05, 0) is 26.8 Å². The van der Waals surface area contributed by atoms with Crippen molar-refractivity contribution >= 4 is 5.91 Å². The van der Waals surface area contributed by atoms with Crippen molar-refractivity contribution in [1.29, 1.82) is 0 Å². The van der Waals surface area contributed by atoms with E-state index in [1.165, 1.54) is 19.3 Å². The summed E-state index contributed by atoms with van der Waals surface area (Å²) >= 11 is 0. The molecule has 4 heteroatoms. The van der Waals surface area contributed by atoms with Crippen molar-refractivity contribution in [3.8, 4) is 0 Å². The molecule has 4 nitrogen and oxygen atoms in total. The predicted octanol–water partition coefficient (Wildman–Crippen LogP) is 0.796. The maximum atomic E-state index is 11.7. The van der Waals surface area contributed by atoms with Crippen LogP contribution in [0.5, 0.6) is 0 Å². The molecule has 0 unspecified atom stereocenters. The Balaban J connectivity index is 2.39. The lowest BCUT2D eigenvalue weighted by Crippen LogP contribution is -2.48. The topological polar surface area (TPSA) is 61.4 Å². The Labute approximate surface area is 97.8 Å². The first-order chi connectivity index (χ1) is 7.58.